The Morgan fingerprint density at radius 1 is 1.38 bits per heavy atom. The van der Waals surface area contributed by atoms with Gasteiger partial charge in [0.25, 0.3) is 5.91 Å². The summed E-state index contributed by atoms with van der Waals surface area (Å²) >= 11 is 2.23. The van der Waals surface area contributed by atoms with Crippen LogP contribution in [0.5, 0.6) is 0 Å². The Morgan fingerprint density at radius 3 is 2.50 bits per heavy atom. The SMILES string of the molecule is Cl.N[C@@H]1CCN(C(=O)c2ccc(I)cc2)C1. The molecule has 3 nitrogen and oxygen atoms in total. The Labute approximate surface area is 115 Å². The second-order valence-corrected chi connectivity index (χ2v) is 5.05. The van der Waals surface area contributed by atoms with E-state index in [1.54, 1.807) is 0 Å². The van der Waals surface area contributed by atoms with Crippen molar-refractivity contribution < 1.29 is 4.79 Å². The molecule has 1 amide bonds. The molecule has 1 atom stereocenters. The van der Waals surface area contributed by atoms with Crippen LogP contribution in [0.1, 0.15) is 16.8 Å². The zero-order chi connectivity index (χ0) is 10.8. The number of carbonyl (C=O) groups excluding carboxylic acids is 1. The Bertz CT molecular complexity index is 369. The van der Waals surface area contributed by atoms with Gasteiger partial charge in [-0.3, -0.25) is 4.79 Å². The van der Waals surface area contributed by atoms with Crippen molar-refractivity contribution in [1.82, 2.24) is 4.90 Å². The molecular formula is C11H14ClIN2O. The van der Waals surface area contributed by atoms with Crippen LogP contribution in [-0.4, -0.2) is 29.9 Å². The van der Waals surface area contributed by atoms with E-state index < -0.39 is 0 Å². The number of carbonyl (C=O) groups is 1. The quantitative estimate of drug-likeness (QED) is 0.785. The third kappa shape index (κ3) is 3.09. The van der Waals surface area contributed by atoms with Crippen LogP contribution in [0.2, 0.25) is 0 Å². The number of halogens is 2. The summed E-state index contributed by atoms with van der Waals surface area (Å²) in [5.41, 5.74) is 6.52. The summed E-state index contributed by atoms with van der Waals surface area (Å²) in [5.74, 6) is 0.0966. The van der Waals surface area contributed by atoms with E-state index in [1.165, 1.54) is 0 Å². The van der Waals surface area contributed by atoms with E-state index in [2.05, 4.69) is 22.6 Å². The highest BCUT2D eigenvalue weighted by Crippen LogP contribution is 2.13. The largest absolute Gasteiger partial charge is 0.337 e. The van der Waals surface area contributed by atoms with Crippen LogP contribution in [0.3, 0.4) is 0 Å². The van der Waals surface area contributed by atoms with Crippen molar-refractivity contribution in [3.05, 3.63) is 33.4 Å². The maximum absolute atomic E-state index is 12.0. The van der Waals surface area contributed by atoms with Gasteiger partial charge in [-0.05, 0) is 53.3 Å². The van der Waals surface area contributed by atoms with Gasteiger partial charge in [0, 0.05) is 28.3 Å². The zero-order valence-corrected chi connectivity index (χ0v) is 11.7. The van der Waals surface area contributed by atoms with Gasteiger partial charge in [-0.25, -0.2) is 0 Å². The number of hydrogen-bond acceptors (Lipinski definition) is 2. The van der Waals surface area contributed by atoms with Crippen LogP contribution in [-0.2, 0) is 0 Å². The van der Waals surface area contributed by atoms with Crippen molar-refractivity contribution in [1.29, 1.82) is 0 Å². The summed E-state index contributed by atoms with van der Waals surface area (Å²) in [6.07, 6.45) is 0.913. The Hall–Kier alpha value is -0.330. The summed E-state index contributed by atoms with van der Waals surface area (Å²) < 4.78 is 1.14. The lowest BCUT2D eigenvalue weighted by molar-refractivity contribution is 0.0791. The first-order valence-corrected chi connectivity index (χ1v) is 6.05. The lowest BCUT2D eigenvalue weighted by Gasteiger charge is -2.15. The average Bonchev–Trinajstić information content (AvgIpc) is 2.65. The molecule has 16 heavy (non-hydrogen) atoms. The fraction of sp³-hybridized carbons (Fsp3) is 0.364. The van der Waals surface area contributed by atoms with Gasteiger partial charge in [-0.15, -0.1) is 12.4 Å². The summed E-state index contributed by atoms with van der Waals surface area (Å²) in [7, 11) is 0. The molecule has 0 spiro atoms. The molecule has 2 N–H and O–H groups in total. The van der Waals surface area contributed by atoms with E-state index in [0.717, 1.165) is 22.1 Å². The predicted molar refractivity (Wildman–Crippen MR) is 74.9 cm³/mol. The minimum absolute atomic E-state index is 0. The molecule has 2 rings (SSSR count). The number of nitrogens with zero attached hydrogens (tertiary/aromatic N) is 1. The maximum atomic E-state index is 12.0. The standard InChI is InChI=1S/C11H13IN2O.ClH/c12-9-3-1-8(2-4-9)11(15)14-6-5-10(13)7-14;/h1-4,10H,5-7,13H2;1H/t10-;/m1./s1. The van der Waals surface area contributed by atoms with Crippen molar-refractivity contribution in [2.75, 3.05) is 13.1 Å². The number of hydrogen-bond donors (Lipinski definition) is 1. The fourth-order valence-electron chi connectivity index (χ4n) is 1.75. The van der Waals surface area contributed by atoms with E-state index in [1.807, 2.05) is 29.2 Å². The number of likely N-dealkylation sites (tertiary alicyclic amines) is 1. The molecule has 1 fully saturated rings. The van der Waals surface area contributed by atoms with Crippen molar-refractivity contribution in [2.24, 2.45) is 5.73 Å². The molecule has 5 heteroatoms. The maximum Gasteiger partial charge on any atom is 0.253 e. The van der Waals surface area contributed by atoms with E-state index in [4.69, 9.17) is 5.73 Å². The van der Waals surface area contributed by atoms with E-state index >= 15 is 0 Å². The molecule has 0 radical (unpaired) electrons. The third-order valence-electron chi connectivity index (χ3n) is 2.60. The number of rotatable bonds is 1. The van der Waals surface area contributed by atoms with Gasteiger partial charge >= 0.3 is 0 Å². The molecule has 0 aromatic heterocycles. The highest BCUT2D eigenvalue weighted by atomic mass is 127. The second kappa shape index (κ2) is 5.84. The first-order valence-electron chi connectivity index (χ1n) is 4.97. The molecule has 1 aromatic rings. The average molecular weight is 353 g/mol. The number of benzene rings is 1. The molecule has 1 aliphatic heterocycles. The van der Waals surface area contributed by atoms with Crippen LogP contribution < -0.4 is 5.73 Å². The molecule has 0 saturated carbocycles. The van der Waals surface area contributed by atoms with E-state index in [-0.39, 0.29) is 24.4 Å². The summed E-state index contributed by atoms with van der Waals surface area (Å²) in [6.45, 7) is 1.47. The molecule has 1 aliphatic rings. The lowest BCUT2D eigenvalue weighted by atomic mass is 10.2. The van der Waals surface area contributed by atoms with Gasteiger partial charge in [-0.2, -0.15) is 0 Å². The van der Waals surface area contributed by atoms with Gasteiger partial charge in [0.15, 0.2) is 0 Å². The summed E-state index contributed by atoms with van der Waals surface area (Å²) in [5, 5.41) is 0. The van der Waals surface area contributed by atoms with Gasteiger partial charge in [0.1, 0.15) is 0 Å². The smallest absolute Gasteiger partial charge is 0.253 e. The topological polar surface area (TPSA) is 46.3 Å². The summed E-state index contributed by atoms with van der Waals surface area (Å²) in [4.78, 5) is 13.8. The molecule has 1 heterocycles. The number of amides is 1. The van der Waals surface area contributed by atoms with Crippen molar-refractivity contribution in [2.45, 2.75) is 12.5 Å². The molecule has 0 aliphatic carbocycles. The monoisotopic (exact) mass is 352 g/mol. The first kappa shape index (κ1) is 13.7. The first-order chi connectivity index (χ1) is 7.16. The minimum atomic E-state index is 0. The normalized spacial score (nSPS) is 19.4. The van der Waals surface area contributed by atoms with Gasteiger partial charge in [0.2, 0.25) is 0 Å². The predicted octanol–water partition coefficient (Wildman–Crippen LogP) is 1.89. The van der Waals surface area contributed by atoms with Crippen molar-refractivity contribution >= 4 is 40.9 Å². The summed E-state index contributed by atoms with van der Waals surface area (Å²) in [6, 6.07) is 7.79. The Kier molecular flexibility index (Phi) is 5.01. The minimum Gasteiger partial charge on any atom is -0.337 e. The molecule has 0 bridgehead atoms. The third-order valence-corrected chi connectivity index (χ3v) is 3.32. The molecular weight excluding hydrogens is 338 g/mol. The van der Waals surface area contributed by atoms with Crippen LogP contribution >= 0.6 is 35.0 Å². The van der Waals surface area contributed by atoms with Crippen LogP contribution in [0, 0.1) is 3.57 Å². The van der Waals surface area contributed by atoms with E-state index in [0.29, 0.717) is 6.54 Å². The fourth-order valence-corrected chi connectivity index (χ4v) is 2.11. The van der Waals surface area contributed by atoms with E-state index in [9.17, 15) is 4.79 Å². The zero-order valence-electron chi connectivity index (χ0n) is 8.73. The Balaban J connectivity index is 0.00000128. The van der Waals surface area contributed by atoms with Crippen LogP contribution in [0.15, 0.2) is 24.3 Å². The molecule has 1 aromatic carbocycles. The van der Waals surface area contributed by atoms with Crippen molar-refractivity contribution in [3.8, 4) is 0 Å². The lowest BCUT2D eigenvalue weighted by Crippen LogP contribution is -2.31. The molecule has 0 unspecified atom stereocenters. The van der Waals surface area contributed by atoms with Gasteiger partial charge in [0.05, 0.1) is 0 Å². The second-order valence-electron chi connectivity index (χ2n) is 3.81. The number of nitrogens with two attached hydrogens (primary N) is 1. The van der Waals surface area contributed by atoms with Gasteiger partial charge < -0.3 is 10.6 Å². The highest BCUT2D eigenvalue weighted by molar-refractivity contribution is 14.1. The molecule has 1 saturated heterocycles. The Morgan fingerprint density at radius 2 is 2.00 bits per heavy atom. The molecule has 88 valence electrons. The van der Waals surface area contributed by atoms with Crippen LogP contribution in [0.25, 0.3) is 0 Å². The van der Waals surface area contributed by atoms with Gasteiger partial charge in [-0.1, -0.05) is 0 Å². The van der Waals surface area contributed by atoms with Crippen LogP contribution in [0.4, 0.5) is 0 Å². The highest BCUT2D eigenvalue weighted by Gasteiger charge is 2.24. The van der Waals surface area contributed by atoms with Crippen molar-refractivity contribution in [3.63, 3.8) is 0 Å².